The van der Waals surface area contributed by atoms with Crippen molar-refractivity contribution in [2.24, 2.45) is 5.92 Å². The average Bonchev–Trinajstić information content (AvgIpc) is 2.47. The zero-order valence-electron chi connectivity index (χ0n) is 12.6. The summed E-state index contributed by atoms with van der Waals surface area (Å²) in [5.74, 6) is 3.45. The van der Waals surface area contributed by atoms with Crippen LogP contribution in [-0.2, 0) is 4.79 Å². The van der Waals surface area contributed by atoms with Crippen LogP contribution in [-0.4, -0.2) is 48.5 Å². The zero-order chi connectivity index (χ0) is 13.5. The first-order valence-corrected chi connectivity index (χ1v) is 8.96. The van der Waals surface area contributed by atoms with E-state index in [0.717, 1.165) is 24.8 Å². The molecule has 2 rings (SSSR count). The van der Waals surface area contributed by atoms with Gasteiger partial charge in [0, 0.05) is 44.1 Å². The van der Waals surface area contributed by atoms with E-state index < -0.39 is 0 Å². The van der Waals surface area contributed by atoms with E-state index in [0.29, 0.717) is 18.4 Å². The van der Waals surface area contributed by atoms with E-state index in [2.05, 4.69) is 5.32 Å². The molecule has 1 atom stereocenters. The minimum Gasteiger partial charge on any atom is -0.346 e. The molecule has 1 saturated carbocycles. The Morgan fingerprint density at radius 2 is 2.05 bits per heavy atom. The van der Waals surface area contributed by atoms with E-state index in [4.69, 9.17) is 0 Å². The largest absolute Gasteiger partial charge is 0.346 e. The van der Waals surface area contributed by atoms with Gasteiger partial charge in [0.15, 0.2) is 0 Å². The lowest BCUT2D eigenvalue weighted by atomic mass is 9.87. The minimum absolute atomic E-state index is 0. The lowest BCUT2D eigenvalue weighted by molar-refractivity contribution is -0.130. The highest BCUT2D eigenvalue weighted by Gasteiger charge is 2.20. The fourth-order valence-corrected chi connectivity index (χ4v) is 4.04. The molecular weight excluding hydrogens is 292 g/mol. The molecule has 0 radical (unpaired) electrons. The number of hydrogen-bond donors (Lipinski definition) is 1. The number of nitrogens with zero attached hydrogens (tertiary/aromatic N) is 1. The van der Waals surface area contributed by atoms with Crippen LogP contribution in [0.1, 0.15) is 44.9 Å². The first kappa shape index (κ1) is 18.1. The van der Waals surface area contributed by atoms with Gasteiger partial charge < -0.3 is 10.2 Å². The van der Waals surface area contributed by atoms with E-state index in [9.17, 15) is 4.79 Å². The maximum absolute atomic E-state index is 12.2. The molecule has 2 fully saturated rings. The molecule has 0 bridgehead atoms. The van der Waals surface area contributed by atoms with Crippen molar-refractivity contribution in [1.29, 1.82) is 0 Å². The molecule has 5 heteroatoms. The molecule has 0 aromatic carbocycles. The van der Waals surface area contributed by atoms with Gasteiger partial charge in [-0.3, -0.25) is 4.79 Å². The van der Waals surface area contributed by atoms with Crippen LogP contribution in [0.4, 0.5) is 0 Å². The topological polar surface area (TPSA) is 32.3 Å². The van der Waals surface area contributed by atoms with E-state index in [1.807, 2.05) is 23.7 Å². The number of amides is 1. The number of hydrogen-bond acceptors (Lipinski definition) is 3. The molecule has 1 N–H and O–H groups in total. The number of carbonyl (C=O) groups excluding carboxylic acids is 1. The van der Waals surface area contributed by atoms with E-state index in [-0.39, 0.29) is 12.4 Å². The summed E-state index contributed by atoms with van der Waals surface area (Å²) in [6.45, 7) is 2.00. The van der Waals surface area contributed by atoms with E-state index in [1.54, 1.807) is 0 Å². The molecule has 1 saturated heterocycles. The van der Waals surface area contributed by atoms with Gasteiger partial charge >= 0.3 is 0 Å². The molecule has 1 unspecified atom stereocenters. The quantitative estimate of drug-likeness (QED) is 0.845. The molecule has 3 nitrogen and oxygen atoms in total. The van der Waals surface area contributed by atoms with Gasteiger partial charge in [0.25, 0.3) is 0 Å². The molecule has 1 aliphatic carbocycles. The highest BCUT2D eigenvalue weighted by molar-refractivity contribution is 7.99. The summed E-state index contributed by atoms with van der Waals surface area (Å²) in [7, 11) is 1.97. The second-order valence-corrected chi connectivity index (χ2v) is 7.19. The Kier molecular flexibility index (Phi) is 8.98. The average molecular weight is 321 g/mol. The fraction of sp³-hybridized carbons (Fsp3) is 0.933. The van der Waals surface area contributed by atoms with E-state index in [1.165, 1.54) is 44.3 Å². The second kappa shape index (κ2) is 9.91. The van der Waals surface area contributed by atoms with E-state index >= 15 is 0 Å². The van der Waals surface area contributed by atoms with Crippen LogP contribution >= 0.6 is 24.2 Å². The smallest absolute Gasteiger partial charge is 0.223 e. The first-order valence-electron chi connectivity index (χ1n) is 7.81. The van der Waals surface area contributed by atoms with Gasteiger partial charge in [0.1, 0.15) is 0 Å². The van der Waals surface area contributed by atoms with Gasteiger partial charge in [-0.25, -0.2) is 0 Å². The predicted octanol–water partition coefficient (Wildman–Crippen LogP) is 2.93. The van der Waals surface area contributed by atoms with Crippen LogP contribution < -0.4 is 5.32 Å². The molecule has 118 valence electrons. The van der Waals surface area contributed by atoms with Crippen LogP contribution in [0, 0.1) is 5.92 Å². The number of nitrogens with one attached hydrogen (secondary N) is 1. The summed E-state index contributed by atoms with van der Waals surface area (Å²) < 4.78 is 0. The summed E-state index contributed by atoms with van der Waals surface area (Å²) in [5, 5.41) is 3.44. The van der Waals surface area contributed by atoms with Crippen LogP contribution in [0.3, 0.4) is 0 Å². The number of carbonyl (C=O) groups is 1. The minimum atomic E-state index is 0. The van der Waals surface area contributed by atoms with Gasteiger partial charge in [0.2, 0.25) is 5.91 Å². The molecule has 0 aromatic heterocycles. The molecule has 20 heavy (non-hydrogen) atoms. The Labute approximate surface area is 134 Å². The van der Waals surface area contributed by atoms with Crippen molar-refractivity contribution in [3.63, 3.8) is 0 Å². The summed E-state index contributed by atoms with van der Waals surface area (Å²) in [6, 6.07) is 0.392. The highest BCUT2D eigenvalue weighted by Crippen LogP contribution is 2.26. The van der Waals surface area contributed by atoms with Crippen LogP contribution in [0.5, 0.6) is 0 Å². The van der Waals surface area contributed by atoms with Crippen molar-refractivity contribution in [2.75, 3.05) is 31.6 Å². The second-order valence-electron chi connectivity index (χ2n) is 6.04. The molecule has 1 heterocycles. The monoisotopic (exact) mass is 320 g/mol. The lowest BCUT2D eigenvalue weighted by Gasteiger charge is -2.27. The Balaban J connectivity index is 0.00000200. The van der Waals surface area contributed by atoms with Crippen LogP contribution in [0.2, 0.25) is 0 Å². The van der Waals surface area contributed by atoms with Crippen LogP contribution in [0.15, 0.2) is 0 Å². The highest BCUT2D eigenvalue weighted by atomic mass is 35.5. The Hall–Kier alpha value is 0.0700. The van der Waals surface area contributed by atoms with Crippen molar-refractivity contribution in [2.45, 2.75) is 51.0 Å². The number of thioether (sulfide) groups is 1. The summed E-state index contributed by atoms with van der Waals surface area (Å²) in [5.41, 5.74) is 0. The molecule has 0 aromatic rings. The standard InChI is InChI=1S/C15H28N2OS.ClH/c1-17(9-7-13-5-3-2-4-6-13)15(18)11-14-12-19-10-8-16-14;/h13-14,16H,2-12H2,1H3;1H. The van der Waals surface area contributed by atoms with Crippen molar-refractivity contribution >= 4 is 30.1 Å². The molecule has 0 spiro atoms. The Morgan fingerprint density at radius 3 is 2.70 bits per heavy atom. The zero-order valence-corrected chi connectivity index (χ0v) is 14.2. The third-order valence-electron chi connectivity index (χ3n) is 4.44. The Morgan fingerprint density at radius 1 is 1.30 bits per heavy atom. The first-order chi connectivity index (χ1) is 9.25. The van der Waals surface area contributed by atoms with Gasteiger partial charge in [-0.1, -0.05) is 32.1 Å². The lowest BCUT2D eigenvalue weighted by Crippen LogP contribution is -2.42. The number of rotatable bonds is 5. The molecule has 1 aliphatic heterocycles. The van der Waals surface area contributed by atoms with Gasteiger partial charge in [-0.05, 0) is 12.3 Å². The molecular formula is C15H29ClN2OS. The fourth-order valence-electron chi connectivity index (χ4n) is 3.09. The summed E-state index contributed by atoms with van der Waals surface area (Å²) >= 11 is 1.96. The van der Waals surface area contributed by atoms with Gasteiger partial charge in [0.05, 0.1) is 0 Å². The third-order valence-corrected chi connectivity index (χ3v) is 5.57. The number of halogens is 1. The Bertz CT molecular complexity index is 279. The van der Waals surface area contributed by atoms with Crippen molar-refractivity contribution in [1.82, 2.24) is 10.2 Å². The maximum atomic E-state index is 12.2. The van der Waals surface area contributed by atoms with Crippen molar-refractivity contribution in [3.05, 3.63) is 0 Å². The normalized spacial score (nSPS) is 23.9. The summed E-state index contributed by atoms with van der Waals surface area (Å²) in [6.07, 6.45) is 8.84. The van der Waals surface area contributed by atoms with Crippen LogP contribution in [0.25, 0.3) is 0 Å². The van der Waals surface area contributed by atoms with Gasteiger partial charge in [-0.2, -0.15) is 11.8 Å². The third kappa shape index (κ3) is 6.23. The van der Waals surface area contributed by atoms with Crippen molar-refractivity contribution < 1.29 is 4.79 Å². The molecule has 2 aliphatic rings. The maximum Gasteiger partial charge on any atom is 0.223 e. The predicted molar refractivity (Wildman–Crippen MR) is 89.8 cm³/mol. The summed E-state index contributed by atoms with van der Waals surface area (Å²) in [4.78, 5) is 14.1. The van der Waals surface area contributed by atoms with Gasteiger partial charge in [-0.15, -0.1) is 12.4 Å². The van der Waals surface area contributed by atoms with Crippen molar-refractivity contribution in [3.8, 4) is 0 Å². The molecule has 1 amide bonds. The SMILES string of the molecule is CN(CCC1CCCCC1)C(=O)CC1CSCCN1.Cl.